The molecule has 2 aliphatic heterocycles. The second-order valence-corrected chi connectivity index (χ2v) is 5.85. The van der Waals surface area contributed by atoms with Gasteiger partial charge in [-0.3, -0.25) is 4.79 Å². The zero-order valence-electron chi connectivity index (χ0n) is 12.2. The smallest absolute Gasteiger partial charge is 0.252 e. The van der Waals surface area contributed by atoms with Crippen LogP contribution in [0.4, 0.5) is 4.39 Å². The maximum absolute atomic E-state index is 13.7. The van der Waals surface area contributed by atoms with E-state index in [2.05, 4.69) is 0 Å². The van der Waals surface area contributed by atoms with Crippen molar-refractivity contribution in [3.63, 3.8) is 0 Å². The number of nitrogens with zero attached hydrogens (tertiary/aromatic N) is 1. The number of nitrogens with one attached hydrogen (secondary N) is 1. The van der Waals surface area contributed by atoms with E-state index < -0.39 is 0 Å². The van der Waals surface area contributed by atoms with Gasteiger partial charge in [0.1, 0.15) is 18.5 Å². The van der Waals surface area contributed by atoms with Crippen molar-refractivity contribution in [3.05, 3.63) is 35.6 Å². The van der Waals surface area contributed by atoms with E-state index in [-0.39, 0.29) is 17.8 Å². The summed E-state index contributed by atoms with van der Waals surface area (Å²) >= 11 is 0. The number of halogens is 1. The molecule has 21 heavy (non-hydrogen) atoms. The Morgan fingerprint density at radius 3 is 2.76 bits per heavy atom. The van der Waals surface area contributed by atoms with Gasteiger partial charge in [0.05, 0.1) is 26.2 Å². The Balaban J connectivity index is 1.51. The maximum atomic E-state index is 13.7. The van der Waals surface area contributed by atoms with E-state index in [1.807, 2.05) is 17.0 Å². The number of ether oxygens (including phenoxy) is 1. The summed E-state index contributed by atoms with van der Waals surface area (Å²) in [7, 11) is 0. The number of carbonyl (C=O) groups excluding carboxylic acids is 1. The van der Waals surface area contributed by atoms with Gasteiger partial charge in [0.2, 0.25) is 0 Å². The predicted molar refractivity (Wildman–Crippen MR) is 76.4 cm³/mol. The number of quaternary nitrogens is 1. The highest BCUT2D eigenvalue weighted by molar-refractivity contribution is 5.81. The third-order valence-corrected chi connectivity index (χ3v) is 4.39. The lowest BCUT2D eigenvalue weighted by Crippen LogP contribution is -3.13. The van der Waals surface area contributed by atoms with Crippen LogP contribution in [0.2, 0.25) is 0 Å². The van der Waals surface area contributed by atoms with Gasteiger partial charge in [0.25, 0.3) is 5.91 Å². The lowest BCUT2D eigenvalue weighted by molar-refractivity contribution is -0.917. The van der Waals surface area contributed by atoms with E-state index in [1.54, 1.807) is 6.07 Å². The molecule has 1 N–H and O–H groups in total. The van der Waals surface area contributed by atoms with Gasteiger partial charge in [0, 0.05) is 12.2 Å². The molecule has 2 saturated heterocycles. The number of carbonyl (C=O) groups is 1. The number of rotatable bonds is 3. The molecular formula is C16H22FN2O2+. The average Bonchev–Trinajstić information content (AvgIpc) is 3.04. The Morgan fingerprint density at radius 2 is 2.10 bits per heavy atom. The van der Waals surface area contributed by atoms with Crippen molar-refractivity contribution in [2.75, 3.05) is 32.8 Å². The average molecular weight is 293 g/mol. The molecule has 0 saturated carbocycles. The van der Waals surface area contributed by atoms with Crippen LogP contribution < -0.4 is 4.90 Å². The first-order chi connectivity index (χ1) is 10.2. The lowest BCUT2D eigenvalue weighted by atomic mass is 10.1. The summed E-state index contributed by atoms with van der Waals surface area (Å²) in [6.45, 7) is 4.61. The summed E-state index contributed by atoms with van der Waals surface area (Å²) in [6, 6.07) is 6.93. The molecule has 4 nitrogen and oxygen atoms in total. The Labute approximate surface area is 124 Å². The molecule has 2 aliphatic rings. The summed E-state index contributed by atoms with van der Waals surface area (Å²) in [6.07, 6.45) is 1.61. The zero-order chi connectivity index (χ0) is 14.7. The van der Waals surface area contributed by atoms with E-state index >= 15 is 0 Å². The van der Waals surface area contributed by atoms with Crippen LogP contribution in [0.25, 0.3) is 0 Å². The molecule has 0 bridgehead atoms. The number of hydrogen-bond donors (Lipinski definition) is 1. The minimum Gasteiger partial charge on any atom is -0.368 e. The lowest BCUT2D eigenvalue weighted by Gasteiger charge is -2.33. The predicted octanol–water partition coefficient (Wildman–Crippen LogP) is 0.232. The molecule has 0 aromatic heterocycles. The van der Waals surface area contributed by atoms with Gasteiger partial charge in [-0.15, -0.1) is 0 Å². The van der Waals surface area contributed by atoms with Gasteiger partial charge in [-0.25, -0.2) is 4.39 Å². The first-order valence-corrected chi connectivity index (χ1v) is 7.71. The molecule has 2 fully saturated rings. The second-order valence-electron chi connectivity index (χ2n) is 5.85. The number of hydrogen-bond acceptors (Lipinski definition) is 2. The summed E-state index contributed by atoms with van der Waals surface area (Å²) in [5.41, 5.74) is 0.756. The Morgan fingerprint density at radius 1 is 1.33 bits per heavy atom. The molecular weight excluding hydrogens is 271 g/mol. The van der Waals surface area contributed by atoms with Crippen LogP contribution in [-0.4, -0.2) is 49.7 Å². The minimum atomic E-state index is -0.224. The molecule has 0 spiro atoms. The minimum absolute atomic E-state index is 0.136. The molecule has 2 heterocycles. The van der Waals surface area contributed by atoms with E-state index in [0.29, 0.717) is 13.2 Å². The van der Waals surface area contributed by atoms with Crippen molar-refractivity contribution in [1.29, 1.82) is 0 Å². The maximum Gasteiger partial charge on any atom is 0.252 e. The van der Waals surface area contributed by atoms with Crippen LogP contribution in [0.5, 0.6) is 0 Å². The summed E-state index contributed by atoms with van der Waals surface area (Å²) in [5, 5.41) is 0. The van der Waals surface area contributed by atoms with Gasteiger partial charge >= 0.3 is 0 Å². The third kappa shape index (κ3) is 3.41. The first-order valence-electron chi connectivity index (χ1n) is 7.71. The van der Waals surface area contributed by atoms with Crippen molar-refractivity contribution < 1.29 is 18.8 Å². The highest BCUT2D eigenvalue weighted by Crippen LogP contribution is 2.14. The molecule has 0 unspecified atom stereocenters. The highest BCUT2D eigenvalue weighted by atomic mass is 19.1. The van der Waals surface area contributed by atoms with Gasteiger partial charge < -0.3 is 14.5 Å². The Hall–Kier alpha value is -1.46. The quantitative estimate of drug-likeness (QED) is 0.866. The van der Waals surface area contributed by atoms with Crippen LogP contribution in [0, 0.1) is 5.82 Å². The highest BCUT2D eigenvalue weighted by Gasteiger charge is 2.31. The molecule has 0 aliphatic carbocycles. The molecule has 5 heteroatoms. The molecule has 114 valence electrons. The molecule has 1 atom stereocenters. The topological polar surface area (TPSA) is 34.0 Å². The van der Waals surface area contributed by atoms with E-state index in [9.17, 15) is 9.18 Å². The number of benzene rings is 1. The number of piperazine rings is 1. The van der Waals surface area contributed by atoms with Crippen molar-refractivity contribution in [2.45, 2.75) is 25.5 Å². The monoisotopic (exact) mass is 293 g/mol. The van der Waals surface area contributed by atoms with Gasteiger partial charge in [-0.1, -0.05) is 18.2 Å². The Kier molecular flexibility index (Phi) is 4.51. The third-order valence-electron chi connectivity index (χ3n) is 4.39. The zero-order valence-corrected chi connectivity index (χ0v) is 12.2. The molecule has 0 radical (unpaired) electrons. The van der Waals surface area contributed by atoms with Crippen molar-refractivity contribution in [1.82, 2.24) is 4.90 Å². The van der Waals surface area contributed by atoms with Crippen molar-refractivity contribution in [2.24, 2.45) is 0 Å². The second kappa shape index (κ2) is 6.54. The van der Waals surface area contributed by atoms with Crippen LogP contribution in [-0.2, 0) is 16.1 Å². The van der Waals surface area contributed by atoms with Gasteiger partial charge in [-0.05, 0) is 18.9 Å². The van der Waals surface area contributed by atoms with Crippen LogP contribution >= 0.6 is 0 Å². The molecule has 3 rings (SSSR count). The van der Waals surface area contributed by atoms with Crippen molar-refractivity contribution >= 4 is 5.91 Å². The summed E-state index contributed by atoms with van der Waals surface area (Å²) in [5.74, 6) is 0.000281. The Bertz CT molecular complexity index is 495. The van der Waals surface area contributed by atoms with Gasteiger partial charge in [-0.2, -0.15) is 0 Å². The van der Waals surface area contributed by atoms with Crippen LogP contribution in [0.1, 0.15) is 18.4 Å². The largest absolute Gasteiger partial charge is 0.368 e. The molecule has 1 aromatic carbocycles. The van der Waals surface area contributed by atoms with E-state index in [0.717, 1.165) is 44.6 Å². The summed E-state index contributed by atoms with van der Waals surface area (Å²) in [4.78, 5) is 15.5. The fourth-order valence-corrected chi connectivity index (χ4v) is 3.11. The fraction of sp³-hybridized carbons (Fsp3) is 0.562. The van der Waals surface area contributed by atoms with E-state index in [1.165, 1.54) is 11.0 Å². The molecule has 1 aromatic rings. The van der Waals surface area contributed by atoms with Crippen LogP contribution in [0.15, 0.2) is 24.3 Å². The van der Waals surface area contributed by atoms with Crippen LogP contribution in [0.3, 0.4) is 0 Å². The normalized spacial score (nSPS) is 23.5. The SMILES string of the molecule is O=C([C@H]1CCCO1)N1CC[NH+](Cc2ccccc2F)CC1. The van der Waals surface area contributed by atoms with Gasteiger partial charge in [0.15, 0.2) is 0 Å². The number of amides is 1. The van der Waals surface area contributed by atoms with Crippen molar-refractivity contribution in [3.8, 4) is 0 Å². The van der Waals surface area contributed by atoms with E-state index in [4.69, 9.17) is 4.74 Å². The standard InChI is InChI=1S/C16H21FN2O2/c17-14-5-2-1-4-13(14)12-18-7-9-19(10-8-18)16(20)15-6-3-11-21-15/h1-2,4-5,15H,3,6-12H2/p+1/t15-/m1/s1. The molecule has 1 amide bonds. The summed E-state index contributed by atoms with van der Waals surface area (Å²) < 4.78 is 19.1. The first kappa shape index (κ1) is 14.5. The fourth-order valence-electron chi connectivity index (χ4n) is 3.11.